The number of hydrogen-bond donors (Lipinski definition) is 1. The molecule has 1 aromatic carbocycles. The molecule has 0 aliphatic carbocycles. The maximum absolute atomic E-state index is 12.4. The molecule has 0 aliphatic rings. The Bertz CT molecular complexity index is 676. The van der Waals surface area contributed by atoms with E-state index in [1.54, 1.807) is 4.68 Å². The first kappa shape index (κ1) is 17.4. The smallest absolute Gasteiger partial charge is 0.387 e. The molecule has 0 saturated heterocycles. The molecule has 8 heteroatoms. The van der Waals surface area contributed by atoms with Gasteiger partial charge in [0.15, 0.2) is 0 Å². The van der Waals surface area contributed by atoms with Crippen molar-refractivity contribution in [1.29, 1.82) is 0 Å². The fourth-order valence-electron chi connectivity index (χ4n) is 2.00. The summed E-state index contributed by atoms with van der Waals surface area (Å²) in [7, 11) is 0. The van der Waals surface area contributed by atoms with Crippen molar-refractivity contribution in [2.24, 2.45) is 0 Å². The minimum Gasteiger partial charge on any atom is -0.434 e. The topological polar surface area (TPSA) is 56.2 Å². The normalized spacial score (nSPS) is 10.8. The first-order valence-electron chi connectivity index (χ1n) is 6.98. The predicted octanol–water partition coefficient (Wildman–Crippen LogP) is 3.38. The fraction of sp³-hybridized carbons (Fsp3) is 0.333. The lowest BCUT2D eigenvalue weighted by atomic mass is 10.2. The lowest BCUT2D eigenvalue weighted by Gasteiger charge is -2.11. The van der Waals surface area contributed by atoms with Gasteiger partial charge >= 0.3 is 6.61 Å². The Morgan fingerprint density at radius 2 is 2.22 bits per heavy atom. The minimum absolute atomic E-state index is 0.0645. The summed E-state index contributed by atoms with van der Waals surface area (Å²) < 4.78 is 31.5. The van der Waals surface area contributed by atoms with Crippen LogP contribution in [0.15, 0.2) is 34.9 Å². The summed E-state index contributed by atoms with van der Waals surface area (Å²) in [6.45, 7) is -0.0210. The molecule has 2 rings (SSSR count). The number of aryl methyl sites for hydroxylation is 2. The summed E-state index contributed by atoms with van der Waals surface area (Å²) in [5, 5.41) is 6.93. The molecule has 23 heavy (non-hydrogen) atoms. The van der Waals surface area contributed by atoms with Gasteiger partial charge in [0.2, 0.25) is 0 Å². The molecule has 0 unspecified atom stereocenters. The van der Waals surface area contributed by atoms with Crippen molar-refractivity contribution < 1.29 is 18.3 Å². The maximum Gasteiger partial charge on any atom is 0.387 e. The third-order valence-electron chi connectivity index (χ3n) is 3.03. The average molecular weight is 388 g/mol. The molecule has 1 aromatic heterocycles. The number of carbonyl (C=O) groups excluding carboxylic acids is 1. The molecular weight excluding hydrogens is 372 g/mol. The van der Waals surface area contributed by atoms with E-state index in [1.165, 1.54) is 18.2 Å². The Hall–Kier alpha value is -1.96. The molecule has 0 bridgehead atoms. The number of halogens is 3. The average Bonchev–Trinajstić information content (AvgIpc) is 2.90. The number of ether oxygens (including phenoxy) is 1. The quantitative estimate of drug-likeness (QED) is 0.740. The monoisotopic (exact) mass is 387 g/mol. The van der Waals surface area contributed by atoms with Gasteiger partial charge in [-0.2, -0.15) is 13.9 Å². The van der Waals surface area contributed by atoms with Crippen LogP contribution in [0.4, 0.5) is 8.78 Å². The van der Waals surface area contributed by atoms with Gasteiger partial charge in [-0.15, -0.1) is 0 Å². The van der Waals surface area contributed by atoms with Gasteiger partial charge in [0.25, 0.3) is 5.91 Å². The first-order chi connectivity index (χ1) is 11.0. The fourth-order valence-corrected chi connectivity index (χ4v) is 2.37. The SMILES string of the molecule is Cc1ccn(CCCNC(=O)c2cc(Br)ccc2OC(F)F)n1. The van der Waals surface area contributed by atoms with Crippen LogP contribution >= 0.6 is 15.9 Å². The van der Waals surface area contributed by atoms with Crippen LogP contribution in [0.1, 0.15) is 22.5 Å². The summed E-state index contributed by atoms with van der Waals surface area (Å²) in [6, 6.07) is 6.21. The number of nitrogens with zero attached hydrogens (tertiary/aromatic N) is 2. The highest BCUT2D eigenvalue weighted by Gasteiger charge is 2.16. The van der Waals surface area contributed by atoms with Crippen LogP contribution in [0.3, 0.4) is 0 Å². The Labute approximate surface area is 140 Å². The van der Waals surface area contributed by atoms with Crippen LogP contribution in [-0.4, -0.2) is 28.8 Å². The van der Waals surface area contributed by atoms with Crippen molar-refractivity contribution in [3.8, 4) is 5.75 Å². The zero-order valence-electron chi connectivity index (χ0n) is 12.4. The molecule has 1 amide bonds. The van der Waals surface area contributed by atoms with Crippen molar-refractivity contribution in [2.45, 2.75) is 26.5 Å². The third kappa shape index (κ3) is 5.31. The molecule has 1 heterocycles. The number of alkyl halides is 2. The molecule has 0 spiro atoms. The zero-order valence-corrected chi connectivity index (χ0v) is 14.0. The standard InChI is InChI=1S/C15H16BrF2N3O2/c1-10-5-8-21(20-10)7-2-6-19-14(22)12-9-11(16)3-4-13(12)23-15(17)18/h3-5,8-9,15H,2,6-7H2,1H3,(H,19,22). The van der Waals surface area contributed by atoms with Crippen molar-refractivity contribution in [2.75, 3.05) is 6.54 Å². The second-order valence-electron chi connectivity index (χ2n) is 4.85. The van der Waals surface area contributed by atoms with Crippen LogP contribution in [0.5, 0.6) is 5.75 Å². The first-order valence-corrected chi connectivity index (χ1v) is 7.77. The zero-order chi connectivity index (χ0) is 16.8. The number of benzene rings is 1. The summed E-state index contributed by atoms with van der Waals surface area (Å²) in [4.78, 5) is 12.1. The lowest BCUT2D eigenvalue weighted by molar-refractivity contribution is -0.0501. The van der Waals surface area contributed by atoms with Crippen LogP contribution in [0, 0.1) is 6.92 Å². The molecule has 0 saturated carbocycles. The van der Waals surface area contributed by atoms with Gasteiger partial charge in [-0.05, 0) is 37.6 Å². The van der Waals surface area contributed by atoms with Crippen LogP contribution in [-0.2, 0) is 6.54 Å². The number of nitrogens with one attached hydrogen (secondary N) is 1. The van der Waals surface area contributed by atoms with Gasteiger partial charge in [0, 0.05) is 23.8 Å². The van der Waals surface area contributed by atoms with E-state index in [2.05, 4.69) is 31.1 Å². The van der Waals surface area contributed by atoms with E-state index >= 15 is 0 Å². The molecule has 124 valence electrons. The number of hydrogen-bond acceptors (Lipinski definition) is 3. The van der Waals surface area contributed by atoms with Crippen LogP contribution in [0.2, 0.25) is 0 Å². The maximum atomic E-state index is 12.4. The van der Waals surface area contributed by atoms with E-state index < -0.39 is 12.5 Å². The van der Waals surface area contributed by atoms with E-state index in [9.17, 15) is 13.6 Å². The van der Waals surface area contributed by atoms with Gasteiger partial charge in [-0.25, -0.2) is 0 Å². The highest BCUT2D eigenvalue weighted by atomic mass is 79.9. The minimum atomic E-state index is -2.98. The van der Waals surface area contributed by atoms with Crippen molar-refractivity contribution in [1.82, 2.24) is 15.1 Å². The summed E-state index contributed by atoms with van der Waals surface area (Å²) in [5.74, 6) is -0.609. The summed E-state index contributed by atoms with van der Waals surface area (Å²) >= 11 is 3.21. The predicted molar refractivity (Wildman–Crippen MR) is 84.7 cm³/mol. The molecule has 0 radical (unpaired) electrons. The Morgan fingerprint density at radius 1 is 1.43 bits per heavy atom. The number of amides is 1. The van der Waals surface area contributed by atoms with Crippen LogP contribution in [0.25, 0.3) is 0 Å². The van der Waals surface area contributed by atoms with E-state index in [1.807, 2.05) is 19.2 Å². The number of rotatable bonds is 7. The molecular formula is C15H16BrF2N3O2. The summed E-state index contributed by atoms with van der Waals surface area (Å²) in [5.41, 5.74) is 0.992. The lowest BCUT2D eigenvalue weighted by Crippen LogP contribution is -2.26. The molecule has 2 aromatic rings. The molecule has 0 aliphatic heterocycles. The van der Waals surface area contributed by atoms with Crippen molar-refractivity contribution in [3.05, 3.63) is 46.2 Å². The van der Waals surface area contributed by atoms with E-state index in [4.69, 9.17) is 0 Å². The van der Waals surface area contributed by atoms with Crippen molar-refractivity contribution >= 4 is 21.8 Å². The highest BCUT2D eigenvalue weighted by molar-refractivity contribution is 9.10. The Morgan fingerprint density at radius 3 is 2.87 bits per heavy atom. The van der Waals surface area contributed by atoms with Gasteiger partial charge in [-0.1, -0.05) is 15.9 Å². The van der Waals surface area contributed by atoms with E-state index in [-0.39, 0.29) is 11.3 Å². The highest BCUT2D eigenvalue weighted by Crippen LogP contribution is 2.24. The third-order valence-corrected chi connectivity index (χ3v) is 3.52. The summed E-state index contributed by atoms with van der Waals surface area (Å²) in [6.07, 6.45) is 2.53. The van der Waals surface area contributed by atoms with Gasteiger partial charge < -0.3 is 10.1 Å². The number of carbonyl (C=O) groups is 1. The van der Waals surface area contributed by atoms with Crippen LogP contribution < -0.4 is 10.1 Å². The van der Waals surface area contributed by atoms with E-state index in [0.29, 0.717) is 24.0 Å². The van der Waals surface area contributed by atoms with Gasteiger partial charge in [0.05, 0.1) is 11.3 Å². The number of aromatic nitrogens is 2. The Balaban J connectivity index is 1.90. The largest absolute Gasteiger partial charge is 0.434 e. The second-order valence-corrected chi connectivity index (χ2v) is 5.76. The molecule has 0 atom stereocenters. The van der Waals surface area contributed by atoms with Crippen molar-refractivity contribution in [3.63, 3.8) is 0 Å². The molecule has 5 nitrogen and oxygen atoms in total. The van der Waals surface area contributed by atoms with E-state index in [0.717, 1.165) is 5.69 Å². The van der Waals surface area contributed by atoms with Gasteiger partial charge in [-0.3, -0.25) is 9.48 Å². The molecule has 0 fully saturated rings. The molecule has 1 N–H and O–H groups in total. The Kier molecular flexibility index (Phi) is 6.09. The van der Waals surface area contributed by atoms with Gasteiger partial charge in [0.1, 0.15) is 5.75 Å². The second kappa shape index (κ2) is 8.05.